The molecule has 9 heteroatoms. The molecule has 0 saturated carbocycles. The third-order valence-electron chi connectivity index (χ3n) is 9.20. The van der Waals surface area contributed by atoms with E-state index in [-0.39, 0.29) is 24.5 Å². The maximum Gasteiger partial charge on any atom is 0.328 e. The van der Waals surface area contributed by atoms with Crippen molar-refractivity contribution in [3.8, 4) is 0 Å². The van der Waals surface area contributed by atoms with Crippen LogP contribution in [-0.4, -0.2) is 59.3 Å². The Bertz CT molecular complexity index is 921. The molecular weight excluding hydrogens is 644 g/mol. The maximum atomic E-state index is 12.7. The zero-order valence-electron chi connectivity index (χ0n) is 32.6. The van der Waals surface area contributed by atoms with Gasteiger partial charge in [0.05, 0.1) is 13.2 Å². The van der Waals surface area contributed by atoms with Gasteiger partial charge < -0.3 is 25.6 Å². The van der Waals surface area contributed by atoms with Gasteiger partial charge in [-0.2, -0.15) is 0 Å². The summed E-state index contributed by atoms with van der Waals surface area (Å²) in [5, 5.41) is 22.5. The van der Waals surface area contributed by atoms with Gasteiger partial charge in [-0.25, -0.2) is 4.79 Å². The van der Waals surface area contributed by atoms with Crippen molar-refractivity contribution >= 4 is 23.8 Å². The first kappa shape index (κ1) is 48.3. The molecule has 0 aliphatic heterocycles. The van der Waals surface area contributed by atoms with Crippen LogP contribution in [0.15, 0.2) is 24.3 Å². The molecule has 0 aromatic heterocycles. The van der Waals surface area contributed by atoms with Gasteiger partial charge in [-0.1, -0.05) is 141 Å². The minimum atomic E-state index is -1.38. The second-order valence-corrected chi connectivity index (χ2v) is 14.1. The number of allylic oxidation sites excluding steroid dienone is 4. The average Bonchev–Trinajstić information content (AvgIpc) is 3.11. The number of amides is 2. The molecule has 9 nitrogen and oxygen atoms in total. The summed E-state index contributed by atoms with van der Waals surface area (Å²) in [6.07, 6.45) is 39.1. The fourth-order valence-electron chi connectivity index (χ4n) is 5.97. The van der Waals surface area contributed by atoms with Gasteiger partial charge in [0, 0.05) is 12.8 Å². The molecule has 296 valence electrons. The number of carbonyl (C=O) groups excluding carboxylic acids is 3. The molecule has 2 amide bonds. The molecule has 0 radical (unpaired) electrons. The van der Waals surface area contributed by atoms with Crippen LogP contribution >= 0.6 is 0 Å². The molecule has 51 heavy (non-hydrogen) atoms. The van der Waals surface area contributed by atoms with Crippen LogP contribution in [0, 0.1) is 0 Å². The number of hydrogen-bond acceptors (Lipinski definition) is 6. The predicted molar refractivity (Wildman–Crippen MR) is 208 cm³/mol. The van der Waals surface area contributed by atoms with Crippen molar-refractivity contribution < 1.29 is 34.1 Å². The number of carbonyl (C=O) groups is 4. The van der Waals surface area contributed by atoms with Gasteiger partial charge in [-0.15, -0.1) is 0 Å². The Morgan fingerprint density at radius 1 is 0.588 bits per heavy atom. The van der Waals surface area contributed by atoms with E-state index < -0.39 is 24.5 Å². The highest BCUT2D eigenvalue weighted by Crippen LogP contribution is 2.19. The molecule has 0 fully saturated rings. The summed E-state index contributed by atoms with van der Waals surface area (Å²) in [7, 11) is 0. The first-order valence-electron chi connectivity index (χ1n) is 20.7. The van der Waals surface area contributed by atoms with Crippen molar-refractivity contribution in [1.82, 2.24) is 10.6 Å². The van der Waals surface area contributed by atoms with Crippen LogP contribution in [0.4, 0.5) is 0 Å². The first-order valence-corrected chi connectivity index (χ1v) is 20.7. The predicted octanol–water partition coefficient (Wildman–Crippen LogP) is 9.65. The summed E-state index contributed by atoms with van der Waals surface area (Å²) in [6.45, 7) is 3.43. The van der Waals surface area contributed by atoms with E-state index in [4.69, 9.17) is 14.9 Å². The minimum absolute atomic E-state index is 0.0150. The van der Waals surface area contributed by atoms with E-state index >= 15 is 0 Å². The topological polar surface area (TPSA) is 142 Å². The lowest BCUT2D eigenvalue weighted by Crippen LogP contribution is -2.47. The van der Waals surface area contributed by atoms with E-state index in [1.165, 1.54) is 83.5 Å². The molecule has 0 spiro atoms. The molecule has 0 aliphatic rings. The van der Waals surface area contributed by atoms with E-state index in [0.29, 0.717) is 19.3 Å². The number of aliphatic hydroxyl groups excluding tert-OH is 1. The Morgan fingerprint density at radius 2 is 1.08 bits per heavy atom. The number of carboxylic acid groups (broad SMARTS) is 1. The van der Waals surface area contributed by atoms with Gasteiger partial charge in [0.15, 0.2) is 0 Å². The van der Waals surface area contributed by atoms with Crippen LogP contribution in [0.25, 0.3) is 0 Å². The summed E-state index contributed by atoms with van der Waals surface area (Å²) in [6, 6.07) is -1.38. The normalized spacial score (nSPS) is 12.7. The Morgan fingerprint density at radius 3 is 1.63 bits per heavy atom. The van der Waals surface area contributed by atoms with Gasteiger partial charge in [-0.05, 0) is 64.2 Å². The van der Waals surface area contributed by atoms with E-state index in [1.807, 2.05) is 0 Å². The lowest BCUT2D eigenvalue weighted by atomic mass is 10.0. The highest BCUT2D eigenvalue weighted by molar-refractivity contribution is 5.87. The van der Waals surface area contributed by atoms with Gasteiger partial charge in [0.1, 0.15) is 12.1 Å². The maximum absolute atomic E-state index is 12.7. The Labute approximate surface area is 311 Å². The summed E-state index contributed by atoms with van der Waals surface area (Å²) in [5.41, 5.74) is 0. The van der Waals surface area contributed by atoms with Gasteiger partial charge >= 0.3 is 11.9 Å². The largest absolute Gasteiger partial charge is 0.480 e. The first-order chi connectivity index (χ1) is 24.8. The van der Waals surface area contributed by atoms with E-state index in [1.54, 1.807) is 0 Å². The van der Waals surface area contributed by atoms with Crippen LogP contribution in [0.3, 0.4) is 0 Å². The number of carboxylic acids is 1. The average molecular weight is 721 g/mol. The smallest absolute Gasteiger partial charge is 0.328 e. The van der Waals surface area contributed by atoms with Crippen molar-refractivity contribution in [2.24, 2.45) is 0 Å². The highest BCUT2D eigenvalue weighted by atomic mass is 16.5. The molecule has 2 atom stereocenters. The van der Waals surface area contributed by atoms with Crippen molar-refractivity contribution in [2.75, 3.05) is 13.2 Å². The lowest BCUT2D eigenvalue weighted by molar-refractivity contribution is -0.150. The van der Waals surface area contributed by atoms with Crippen LogP contribution in [0.5, 0.6) is 0 Å². The van der Waals surface area contributed by atoms with Crippen molar-refractivity contribution in [3.05, 3.63) is 24.3 Å². The molecule has 0 aromatic carbocycles. The molecular formula is C42H76N2O7. The van der Waals surface area contributed by atoms with Gasteiger partial charge in [-0.3, -0.25) is 14.4 Å². The third kappa shape index (κ3) is 34.2. The van der Waals surface area contributed by atoms with Crippen LogP contribution in [0.2, 0.25) is 0 Å². The molecule has 0 heterocycles. The standard InChI is InChI=1S/C42H76N2O7/c1-3-5-7-9-11-13-14-15-16-17-19-21-26-30-34-41(48)51-37(31-27-23-20-18-12-10-8-6-4-2)32-28-24-22-25-29-33-39(46)43-35-40(47)44-38(36-45)42(49)50/h9,11,14-15,37-38,45H,3-8,10,12-13,16-36H2,1-2H3,(H,43,46)(H,44,47)(H,49,50)/b11-9-,15-14-. The lowest BCUT2D eigenvalue weighted by Gasteiger charge is -2.18. The Kier molecular flexibility index (Phi) is 35.1. The monoisotopic (exact) mass is 721 g/mol. The fraction of sp³-hybridized carbons (Fsp3) is 0.810. The third-order valence-corrected chi connectivity index (χ3v) is 9.20. The zero-order chi connectivity index (χ0) is 37.6. The Balaban J connectivity index is 4.27. The van der Waals surface area contributed by atoms with Crippen LogP contribution in [0.1, 0.15) is 194 Å². The summed E-state index contributed by atoms with van der Waals surface area (Å²) in [5.74, 6) is -2.30. The molecule has 4 N–H and O–H groups in total. The summed E-state index contributed by atoms with van der Waals surface area (Å²) >= 11 is 0. The zero-order valence-corrected chi connectivity index (χ0v) is 32.6. The minimum Gasteiger partial charge on any atom is -0.480 e. The van der Waals surface area contributed by atoms with E-state index in [2.05, 4.69) is 48.8 Å². The molecule has 0 saturated heterocycles. The fourth-order valence-corrected chi connectivity index (χ4v) is 5.97. The number of ether oxygens (including phenoxy) is 1. The number of unbranched alkanes of at least 4 members (excludes halogenated alkanes) is 19. The van der Waals surface area contributed by atoms with Gasteiger partial charge in [0.25, 0.3) is 0 Å². The SMILES string of the molecule is CCCC/C=C\C/C=C\CCCCCCCC(=O)OC(CCCCCCCCCCC)CCCCCCCC(=O)NCC(=O)NC(CO)C(=O)O. The Hall–Kier alpha value is -2.68. The second-order valence-electron chi connectivity index (χ2n) is 14.1. The number of nitrogens with one attached hydrogen (secondary N) is 2. The van der Waals surface area contributed by atoms with E-state index in [0.717, 1.165) is 77.0 Å². The highest BCUT2D eigenvalue weighted by Gasteiger charge is 2.19. The molecule has 2 unspecified atom stereocenters. The number of esters is 1. The van der Waals surface area contributed by atoms with Crippen molar-refractivity contribution in [1.29, 1.82) is 0 Å². The molecule has 0 aromatic rings. The number of rotatable bonds is 37. The van der Waals surface area contributed by atoms with Crippen molar-refractivity contribution in [2.45, 2.75) is 206 Å². The van der Waals surface area contributed by atoms with E-state index in [9.17, 15) is 19.2 Å². The van der Waals surface area contributed by atoms with Crippen molar-refractivity contribution in [3.63, 3.8) is 0 Å². The number of aliphatic carboxylic acids is 1. The molecule has 0 rings (SSSR count). The van der Waals surface area contributed by atoms with Gasteiger partial charge in [0.2, 0.25) is 11.8 Å². The number of hydrogen-bond donors (Lipinski definition) is 4. The van der Waals surface area contributed by atoms with Crippen LogP contribution in [-0.2, 0) is 23.9 Å². The quantitative estimate of drug-likeness (QED) is 0.0284. The summed E-state index contributed by atoms with van der Waals surface area (Å²) < 4.78 is 6.00. The summed E-state index contributed by atoms with van der Waals surface area (Å²) in [4.78, 5) is 47.4. The molecule has 0 aliphatic carbocycles. The van der Waals surface area contributed by atoms with Crippen LogP contribution < -0.4 is 10.6 Å². The second kappa shape index (κ2) is 37.1. The number of aliphatic hydroxyl groups is 1. The molecule has 0 bridgehead atoms.